The zero-order valence-corrected chi connectivity index (χ0v) is 7.30. The molecule has 66 valence electrons. The number of rotatable bonds is 2. The van der Waals surface area contributed by atoms with Crippen molar-refractivity contribution in [2.75, 3.05) is 13.2 Å². The summed E-state index contributed by atoms with van der Waals surface area (Å²) in [6, 6.07) is -0.198. The van der Waals surface area contributed by atoms with Crippen molar-refractivity contribution in [3.05, 3.63) is 0 Å². The summed E-state index contributed by atoms with van der Waals surface area (Å²) >= 11 is 0. The predicted molar refractivity (Wildman–Crippen MR) is 41.6 cm³/mol. The standard InChI is InChI=1S/C6H12F2NOP/c7-6(8)1-2-9-5(3-6)4-10-11/h5,9H,1-4,11H2. The summed E-state index contributed by atoms with van der Waals surface area (Å²) in [7, 11) is 2.06. The van der Waals surface area contributed by atoms with Crippen LogP contribution in [0.1, 0.15) is 12.8 Å². The van der Waals surface area contributed by atoms with E-state index in [1.54, 1.807) is 0 Å². The van der Waals surface area contributed by atoms with Gasteiger partial charge in [-0.1, -0.05) is 0 Å². The van der Waals surface area contributed by atoms with Crippen LogP contribution >= 0.6 is 9.47 Å². The molecule has 0 spiro atoms. The summed E-state index contributed by atoms with van der Waals surface area (Å²) in [5, 5.41) is 2.96. The second-order valence-electron chi connectivity index (χ2n) is 2.79. The topological polar surface area (TPSA) is 21.3 Å². The van der Waals surface area contributed by atoms with Crippen LogP contribution in [0.3, 0.4) is 0 Å². The lowest BCUT2D eigenvalue weighted by Crippen LogP contribution is -2.45. The first-order chi connectivity index (χ1) is 5.14. The van der Waals surface area contributed by atoms with Gasteiger partial charge in [-0.3, -0.25) is 0 Å². The van der Waals surface area contributed by atoms with Crippen molar-refractivity contribution in [2.45, 2.75) is 24.8 Å². The highest BCUT2D eigenvalue weighted by molar-refractivity contribution is 7.09. The van der Waals surface area contributed by atoms with E-state index in [1.165, 1.54) is 0 Å². The van der Waals surface area contributed by atoms with E-state index in [4.69, 9.17) is 4.52 Å². The van der Waals surface area contributed by atoms with Gasteiger partial charge in [0.05, 0.1) is 6.61 Å². The molecule has 0 amide bonds. The van der Waals surface area contributed by atoms with Crippen LogP contribution in [0.15, 0.2) is 0 Å². The third-order valence-corrected chi connectivity index (χ3v) is 1.96. The molecule has 1 rings (SSSR count). The molecule has 0 saturated carbocycles. The molecule has 0 aromatic rings. The first kappa shape index (κ1) is 9.30. The second kappa shape index (κ2) is 3.74. The first-order valence-electron chi connectivity index (χ1n) is 3.57. The zero-order chi connectivity index (χ0) is 8.32. The fraction of sp³-hybridized carbons (Fsp3) is 1.00. The molecule has 2 unspecified atom stereocenters. The highest BCUT2D eigenvalue weighted by Gasteiger charge is 2.35. The normalized spacial score (nSPS) is 30.3. The van der Waals surface area contributed by atoms with Gasteiger partial charge < -0.3 is 9.84 Å². The monoisotopic (exact) mass is 183 g/mol. The van der Waals surface area contributed by atoms with Crippen LogP contribution in [0.2, 0.25) is 0 Å². The molecule has 0 aliphatic carbocycles. The molecular weight excluding hydrogens is 171 g/mol. The average molecular weight is 183 g/mol. The Hall–Kier alpha value is 0.210. The van der Waals surface area contributed by atoms with Crippen molar-refractivity contribution in [1.29, 1.82) is 0 Å². The van der Waals surface area contributed by atoms with E-state index in [1.807, 2.05) is 0 Å². The van der Waals surface area contributed by atoms with Gasteiger partial charge >= 0.3 is 0 Å². The Labute approximate surface area is 67.0 Å². The van der Waals surface area contributed by atoms with E-state index in [-0.39, 0.29) is 18.9 Å². The van der Waals surface area contributed by atoms with Gasteiger partial charge in [-0.2, -0.15) is 0 Å². The van der Waals surface area contributed by atoms with Gasteiger partial charge in [0.1, 0.15) is 0 Å². The van der Waals surface area contributed by atoms with Gasteiger partial charge in [0.15, 0.2) is 0 Å². The summed E-state index contributed by atoms with van der Waals surface area (Å²) < 4.78 is 30.0. The molecule has 2 atom stereocenters. The van der Waals surface area contributed by atoms with Crippen LogP contribution in [0.25, 0.3) is 0 Å². The Kier molecular flexibility index (Phi) is 3.16. The lowest BCUT2D eigenvalue weighted by molar-refractivity contribution is -0.0452. The van der Waals surface area contributed by atoms with Crippen LogP contribution in [0, 0.1) is 0 Å². The summed E-state index contributed by atoms with van der Waals surface area (Å²) in [4.78, 5) is 0. The average Bonchev–Trinajstić information content (AvgIpc) is 1.85. The second-order valence-corrected chi connectivity index (χ2v) is 3.13. The quantitative estimate of drug-likeness (QED) is 0.649. The Morgan fingerprint density at radius 2 is 2.36 bits per heavy atom. The van der Waals surface area contributed by atoms with Gasteiger partial charge in [0, 0.05) is 34.9 Å². The number of hydrogen-bond donors (Lipinski definition) is 1. The lowest BCUT2D eigenvalue weighted by atomic mass is 10.0. The molecule has 0 aromatic heterocycles. The minimum Gasteiger partial charge on any atom is -0.364 e. The molecule has 1 fully saturated rings. The number of halogens is 2. The molecule has 11 heavy (non-hydrogen) atoms. The first-order valence-corrected chi connectivity index (χ1v) is 4.04. The number of piperidine rings is 1. The molecule has 0 aromatic carbocycles. The highest BCUT2D eigenvalue weighted by Crippen LogP contribution is 2.27. The molecule has 0 radical (unpaired) electrons. The molecule has 5 heteroatoms. The van der Waals surface area contributed by atoms with E-state index in [0.717, 1.165) is 0 Å². The zero-order valence-electron chi connectivity index (χ0n) is 6.15. The van der Waals surface area contributed by atoms with Crippen molar-refractivity contribution in [3.8, 4) is 0 Å². The Morgan fingerprint density at radius 3 is 2.91 bits per heavy atom. The van der Waals surface area contributed by atoms with E-state index >= 15 is 0 Å². The van der Waals surface area contributed by atoms with Crippen LogP contribution in [-0.2, 0) is 4.52 Å². The van der Waals surface area contributed by atoms with Gasteiger partial charge in [-0.15, -0.1) is 0 Å². The number of nitrogens with one attached hydrogen (secondary N) is 1. The maximum absolute atomic E-state index is 12.7. The smallest absolute Gasteiger partial charge is 0.250 e. The molecule has 1 saturated heterocycles. The van der Waals surface area contributed by atoms with Crippen LogP contribution in [0.5, 0.6) is 0 Å². The summed E-state index contributed by atoms with van der Waals surface area (Å²) in [6.45, 7) is 0.714. The van der Waals surface area contributed by atoms with Gasteiger partial charge in [0.25, 0.3) is 5.92 Å². The fourth-order valence-corrected chi connectivity index (χ4v) is 1.46. The van der Waals surface area contributed by atoms with Crippen molar-refractivity contribution >= 4 is 9.47 Å². The van der Waals surface area contributed by atoms with E-state index in [0.29, 0.717) is 13.2 Å². The van der Waals surface area contributed by atoms with Gasteiger partial charge in [-0.25, -0.2) is 8.78 Å². The third-order valence-electron chi connectivity index (χ3n) is 1.77. The molecule has 1 heterocycles. The molecule has 2 nitrogen and oxygen atoms in total. The fourth-order valence-electron chi connectivity index (χ4n) is 1.23. The minimum absolute atomic E-state index is 0.0552. The van der Waals surface area contributed by atoms with Gasteiger partial charge in [-0.05, 0) is 0 Å². The molecular formula is C6H12F2NOP. The molecule has 1 aliphatic heterocycles. The maximum Gasteiger partial charge on any atom is 0.250 e. The third kappa shape index (κ3) is 2.97. The molecule has 0 bridgehead atoms. The largest absolute Gasteiger partial charge is 0.364 e. The molecule has 1 aliphatic rings. The number of hydrogen-bond acceptors (Lipinski definition) is 2. The van der Waals surface area contributed by atoms with Crippen molar-refractivity contribution in [2.24, 2.45) is 0 Å². The Morgan fingerprint density at radius 1 is 1.64 bits per heavy atom. The summed E-state index contributed by atoms with van der Waals surface area (Å²) in [5.74, 6) is -2.50. The maximum atomic E-state index is 12.7. The minimum atomic E-state index is -2.50. The van der Waals surface area contributed by atoms with Crippen LogP contribution in [0.4, 0.5) is 8.78 Å². The SMILES string of the molecule is FC1(F)CCNC(COP)C1. The predicted octanol–water partition coefficient (Wildman–Crippen LogP) is 1.18. The van der Waals surface area contributed by atoms with Crippen LogP contribution in [-0.4, -0.2) is 25.1 Å². The van der Waals surface area contributed by atoms with Crippen molar-refractivity contribution in [1.82, 2.24) is 5.32 Å². The van der Waals surface area contributed by atoms with E-state index in [9.17, 15) is 8.78 Å². The van der Waals surface area contributed by atoms with Gasteiger partial charge in [0.2, 0.25) is 0 Å². The summed E-state index contributed by atoms with van der Waals surface area (Å²) in [5.41, 5.74) is 0. The van der Waals surface area contributed by atoms with Crippen molar-refractivity contribution in [3.63, 3.8) is 0 Å². The lowest BCUT2D eigenvalue weighted by Gasteiger charge is -2.29. The van der Waals surface area contributed by atoms with Crippen molar-refractivity contribution < 1.29 is 13.3 Å². The summed E-state index contributed by atoms with van der Waals surface area (Å²) in [6.07, 6.45) is -0.165. The van der Waals surface area contributed by atoms with Crippen LogP contribution < -0.4 is 5.32 Å². The Bertz CT molecular complexity index is 132. The highest BCUT2D eigenvalue weighted by atomic mass is 31.0. The molecule has 1 N–H and O–H groups in total. The number of alkyl halides is 2. The van der Waals surface area contributed by atoms with E-state index < -0.39 is 5.92 Å². The van der Waals surface area contributed by atoms with E-state index in [2.05, 4.69) is 14.8 Å². The Balaban J connectivity index is 2.34.